The number of piperazine rings is 1. The van der Waals surface area contributed by atoms with Crippen molar-refractivity contribution < 1.29 is 19.1 Å². The van der Waals surface area contributed by atoms with Crippen molar-refractivity contribution in [2.45, 2.75) is 38.8 Å². The highest BCUT2D eigenvalue weighted by atomic mass is 16.5. The number of esters is 1. The fourth-order valence-electron chi connectivity index (χ4n) is 3.25. The minimum absolute atomic E-state index is 0.0656. The summed E-state index contributed by atoms with van der Waals surface area (Å²) in [7, 11) is 1.27. The maximum absolute atomic E-state index is 13.0. The molecule has 0 spiro atoms. The molecule has 0 saturated carbocycles. The van der Waals surface area contributed by atoms with Gasteiger partial charge in [-0.15, -0.1) is 0 Å². The Bertz CT molecular complexity index is 648. The van der Waals surface area contributed by atoms with Crippen molar-refractivity contribution in [3.63, 3.8) is 0 Å². The molecule has 1 aliphatic heterocycles. The second-order valence-electron chi connectivity index (χ2n) is 7.17. The van der Waals surface area contributed by atoms with E-state index in [9.17, 15) is 14.4 Å². The Kier molecular flexibility index (Phi) is 7.79. The molecule has 1 aromatic rings. The lowest BCUT2D eigenvalue weighted by Gasteiger charge is -2.38. The first-order chi connectivity index (χ1) is 12.9. The lowest BCUT2D eigenvalue weighted by molar-refractivity contribution is -0.146. The first-order valence-electron chi connectivity index (χ1n) is 9.34. The molecular weight excluding hydrogens is 346 g/mol. The Morgan fingerprint density at radius 1 is 1.30 bits per heavy atom. The van der Waals surface area contributed by atoms with E-state index in [-0.39, 0.29) is 24.4 Å². The van der Waals surface area contributed by atoms with Gasteiger partial charge in [0.2, 0.25) is 11.8 Å². The third kappa shape index (κ3) is 6.06. The molecule has 2 atom stereocenters. The summed E-state index contributed by atoms with van der Waals surface area (Å²) >= 11 is 0. The molecule has 1 aromatic carbocycles. The van der Waals surface area contributed by atoms with Crippen LogP contribution >= 0.6 is 0 Å². The van der Waals surface area contributed by atoms with Crippen molar-refractivity contribution in [3.8, 4) is 0 Å². The molecule has 7 heteroatoms. The van der Waals surface area contributed by atoms with Crippen LogP contribution in [0.4, 0.5) is 0 Å². The number of methoxy groups -OCH3 is 1. The quantitative estimate of drug-likeness (QED) is 0.654. The lowest BCUT2D eigenvalue weighted by Crippen LogP contribution is -2.62. The Hall–Kier alpha value is -2.41. The number of amides is 2. The smallest absolute Gasteiger partial charge is 0.325 e. The molecule has 1 aliphatic rings. The third-order valence-electron chi connectivity index (χ3n) is 4.62. The topological polar surface area (TPSA) is 87.7 Å². The summed E-state index contributed by atoms with van der Waals surface area (Å²) in [6.07, 6.45) is 1.12. The molecule has 2 N–H and O–H groups in total. The lowest BCUT2D eigenvalue weighted by atomic mass is 9.97. The van der Waals surface area contributed by atoms with Gasteiger partial charge in [0, 0.05) is 19.5 Å². The first-order valence-corrected chi connectivity index (χ1v) is 9.34. The van der Waals surface area contributed by atoms with Crippen LogP contribution in [-0.4, -0.2) is 61.5 Å². The van der Waals surface area contributed by atoms with Gasteiger partial charge in [-0.25, -0.2) is 0 Å². The van der Waals surface area contributed by atoms with Crippen molar-refractivity contribution >= 4 is 17.8 Å². The van der Waals surface area contributed by atoms with Gasteiger partial charge in [0.05, 0.1) is 13.2 Å². The number of ether oxygens (including phenoxy) is 1. The Morgan fingerprint density at radius 2 is 2.00 bits per heavy atom. The molecule has 7 nitrogen and oxygen atoms in total. The van der Waals surface area contributed by atoms with Crippen LogP contribution in [0.2, 0.25) is 0 Å². The molecule has 0 unspecified atom stereocenters. The maximum atomic E-state index is 13.0. The number of rotatable bonds is 8. The van der Waals surface area contributed by atoms with E-state index in [1.807, 2.05) is 30.3 Å². The summed E-state index contributed by atoms with van der Waals surface area (Å²) in [4.78, 5) is 38.8. The van der Waals surface area contributed by atoms with E-state index < -0.39 is 12.0 Å². The number of hydrogen-bond donors (Lipinski definition) is 2. The molecule has 1 heterocycles. The standard InChI is InChI=1S/C20H29N3O4/c1-14(2)11-16-20(26)23(10-9-21-16)17(12-15-7-5-4-6-8-15)19(25)22-13-18(24)27-3/h4-8,14,16-17,21H,9-13H2,1-3H3,(H,22,25)/t16-,17-/m0/s1. The summed E-state index contributed by atoms with van der Waals surface area (Å²) in [6, 6.07) is 8.62. The Morgan fingerprint density at radius 3 is 2.63 bits per heavy atom. The molecule has 2 rings (SSSR count). The van der Waals surface area contributed by atoms with Gasteiger partial charge in [-0.05, 0) is 17.9 Å². The minimum Gasteiger partial charge on any atom is -0.468 e. The third-order valence-corrected chi connectivity index (χ3v) is 4.62. The van der Waals surface area contributed by atoms with Crippen LogP contribution in [0.1, 0.15) is 25.8 Å². The van der Waals surface area contributed by atoms with Crippen LogP contribution in [0.15, 0.2) is 30.3 Å². The number of nitrogens with zero attached hydrogens (tertiary/aromatic N) is 1. The molecule has 148 valence electrons. The number of hydrogen-bond acceptors (Lipinski definition) is 5. The van der Waals surface area contributed by atoms with Crippen molar-refractivity contribution in [1.82, 2.24) is 15.5 Å². The fraction of sp³-hybridized carbons (Fsp3) is 0.550. The SMILES string of the molecule is COC(=O)CNC(=O)[C@H](Cc1ccccc1)N1CCN[C@@H](CC(C)C)C1=O. The van der Waals surface area contributed by atoms with Gasteiger partial charge in [-0.2, -0.15) is 0 Å². The van der Waals surface area contributed by atoms with E-state index in [4.69, 9.17) is 0 Å². The second kappa shape index (κ2) is 10.1. The monoisotopic (exact) mass is 375 g/mol. The molecule has 0 aromatic heterocycles. The zero-order chi connectivity index (χ0) is 19.8. The molecule has 27 heavy (non-hydrogen) atoms. The fourth-order valence-corrected chi connectivity index (χ4v) is 3.25. The number of carbonyl (C=O) groups is 3. The van der Waals surface area contributed by atoms with Crippen molar-refractivity contribution in [1.29, 1.82) is 0 Å². The van der Waals surface area contributed by atoms with E-state index in [1.54, 1.807) is 4.90 Å². The van der Waals surface area contributed by atoms with E-state index in [1.165, 1.54) is 7.11 Å². The zero-order valence-electron chi connectivity index (χ0n) is 16.2. The van der Waals surface area contributed by atoms with Gasteiger partial charge in [0.1, 0.15) is 12.6 Å². The average molecular weight is 375 g/mol. The van der Waals surface area contributed by atoms with E-state index in [0.717, 1.165) is 12.0 Å². The van der Waals surface area contributed by atoms with Crippen LogP contribution in [0, 0.1) is 5.92 Å². The van der Waals surface area contributed by atoms with E-state index in [0.29, 0.717) is 25.4 Å². The number of benzene rings is 1. The Balaban J connectivity index is 2.18. The van der Waals surface area contributed by atoms with E-state index in [2.05, 4.69) is 29.2 Å². The van der Waals surface area contributed by atoms with Crippen molar-refractivity contribution in [2.24, 2.45) is 5.92 Å². The summed E-state index contributed by atoms with van der Waals surface area (Å²) in [5, 5.41) is 5.85. The Labute approximate surface area is 160 Å². The number of carbonyl (C=O) groups excluding carboxylic acids is 3. The van der Waals surface area contributed by atoms with E-state index >= 15 is 0 Å². The first kappa shape index (κ1) is 20.9. The highest BCUT2D eigenvalue weighted by molar-refractivity contribution is 5.91. The minimum atomic E-state index is -0.665. The molecule has 0 radical (unpaired) electrons. The van der Waals surface area contributed by atoms with Gasteiger partial charge in [0.25, 0.3) is 0 Å². The molecular formula is C20H29N3O4. The van der Waals surface area contributed by atoms with Crippen molar-refractivity contribution in [3.05, 3.63) is 35.9 Å². The summed E-state index contributed by atoms with van der Waals surface area (Å²) in [5.74, 6) is -0.565. The molecule has 2 amide bonds. The average Bonchev–Trinajstić information content (AvgIpc) is 2.66. The molecule has 1 saturated heterocycles. The van der Waals surface area contributed by atoms with Crippen LogP contribution in [0.25, 0.3) is 0 Å². The second-order valence-corrected chi connectivity index (χ2v) is 7.17. The predicted molar refractivity (Wildman–Crippen MR) is 102 cm³/mol. The van der Waals surface area contributed by atoms with Crippen LogP contribution in [-0.2, 0) is 25.5 Å². The van der Waals surface area contributed by atoms with Gasteiger partial charge in [-0.1, -0.05) is 44.2 Å². The normalized spacial score (nSPS) is 18.3. The van der Waals surface area contributed by atoms with Gasteiger partial charge < -0.3 is 20.3 Å². The predicted octanol–water partition coefficient (Wildman–Crippen LogP) is 0.733. The molecule has 1 fully saturated rings. The zero-order valence-corrected chi connectivity index (χ0v) is 16.2. The van der Waals surface area contributed by atoms with Crippen LogP contribution in [0.3, 0.4) is 0 Å². The highest BCUT2D eigenvalue weighted by Gasteiger charge is 2.36. The van der Waals surface area contributed by atoms with Crippen LogP contribution in [0.5, 0.6) is 0 Å². The molecule has 0 aliphatic carbocycles. The van der Waals surface area contributed by atoms with Gasteiger partial charge in [-0.3, -0.25) is 14.4 Å². The highest BCUT2D eigenvalue weighted by Crippen LogP contribution is 2.16. The maximum Gasteiger partial charge on any atom is 0.325 e. The summed E-state index contributed by atoms with van der Waals surface area (Å²) in [6.45, 7) is 5.02. The number of nitrogens with one attached hydrogen (secondary N) is 2. The van der Waals surface area contributed by atoms with Gasteiger partial charge in [0.15, 0.2) is 0 Å². The summed E-state index contributed by atoms with van der Waals surface area (Å²) in [5.41, 5.74) is 0.961. The molecule has 0 bridgehead atoms. The van der Waals surface area contributed by atoms with Crippen LogP contribution < -0.4 is 10.6 Å². The van der Waals surface area contributed by atoms with Gasteiger partial charge >= 0.3 is 5.97 Å². The summed E-state index contributed by atoms with van der Waals surface area (Å²) < 4.78 is 4.58. The van der Waals surface area contributed by atoms with Crippen molar-refractivity contribution in [2.75, 3.05) is 26.7 Å². The largest absolute Gasteiger partial charge is 0.468 e.